The molecule has 31 heavy (non-hydrogen) atoms. The summed E-state index contributed by atoms with van der Waals surface area (Å²) in [4.78, 5) is 4.69. The van der Waals surface area contributed by atoms with Crippen LogP contribution < -0.4 is 4.74 Å². The minimum Gasteiger partial charge on any atom is -0.494 e. The van der Waals surface area contributed by atoms with E-state index in [1.807, 2.05) is 6.20 Å². The number of nitrogens with zero attached hydrogens (tertiary/aromatic N) is 1. The van der Waals surface area contributed by atoms with Crippen LogP contribution in [-0.4, -0.2) is 11.6 Å². The first-order chi connectivity index (χ1) is 15.3. The monoisotopic (exact) mass is 421 g/mol. The molecular weight excluding hydrogens is 378 g/mol. The van der Waals surface area contributed by atoms with Crippen LogP contribution in [0.2, 0.25) is 0 Å². The van der Waals surface area contributed by atoms with Gasteiger partial charge in [-0.15, -0.1) is 0 Å². The summed E-state index contributed by atoms with van der Waals surface area (Å²) in [6, 6.07) is 12.8. The molecule has 0 bridgehead atoms. The lowest BCUT2D eigenvalue weighted by atomic mass is 9.99. The summed E-state index contributed by atoms with van der Waals surface area (Å²) in [7, 11) is 0. The minimum absolute atomic E-state index is 0.827. The molecule has 0 amide bonds. The topological polar surface area (TPSA) is 22.1 Å². The van der Waals surface area contributed by atoms with Crippen molar-refractivity contribution < 1.29 is 4.74 Å². The average molecular weight is 422 g/mol. The standard InChI is InChI=1S/C29H43NO/c1-2-3-4-5-9-16-26-17-22-29(30-24-26)27-18-20-28(21-19-27)31-23-12-7-6-8-13-25-14-10-11-15-25/h17-22,24-25H,2-16,23H2,1H3. The number of rotatable bonds is 15. The fourth-order valence-electron chi connectivity index (χ4n) is 4.78. The summed E-state index contributed by atoms with van der Waals surface area (Å²) >= 11 is 0. The Labute approximate surface area is 190 Å². The fourth-order valence-corrected chi connectivity index (χ4v) is 4.78. The van der Waals surface area contributed by atoms with Gasteiger partial charge in [-0.1, -0.05) is 90.0 Å². The van der Waals surface area contributed by atoms with Gasteiger partial charge >= 0.3 is 0 Å². The van der Waals surface area contributed by atoms with Crippen LogP contribution in [0.3, 0.4) is 0 Å². The van der Waals surface area contributed by atoms with Gasteiger partial charge in [-0.2, -0.15) is 0 Å². The number of hydrogen-bond acceptors (Lipinski definition) is 2. The molecule has 1 aliphatic carbocycles. The maximum absolute atomic E-state index is 5.95. The SMILES string of the molecule is CCCCCCCc1ccc(-c2ccc(OCCCCCCC3CCCC3)cc2)nc1. The Hall–Kier alpha value is -1.83. The first-order valence-corrected chi connectivity index (χ1v) is 13.0. The lowest BCUT2D eigenvalue weighted by Gasteiger charge is -2.09. The molecule has 0 unspecified atom stereocenters. The highest BCUT2D eigenvalue weighted by Crippen LogP contribution is 2.29. The van der Waals surface area contributed by atoms with Crippen molar-refractivity contribution in [3.8, 4) is 17.0 Å². The van der Waals surface area contributed by atoms with Gasteiger partial charge < -0.3 is 4.74 Å². The van der Waals surface area contributed by atoms with Crippen LogP contribution in [0, 0.1) is 5.92 Å². The Morgan fingerprint density at radius 2 is 1.55 bits per heavy atom. The van der Waals surface area contributed by atoms with Gasteiger partial charge in [-0.25, -0.2) is 0 Å². The van der Waals surface area contributed by atoms with Gasteiger partial charge in [0.2, 0.25) is 0 Å². The zero-order valence-electron chi connectivity index (χ0n) is 19.8. The van der Waals surface area contributed by atoms with Gasteiger partial charge in [0.05, 0.1) is 12.3 Å². The van der Waals surface area contributed by atoms with Crippen LogP contribution >= 0.6 is 0 Å². The summed E-state index contributed by atoms with van der Waals surface area (Å²) in [5, 5.41) is 0. The van der Waals surface area contributed by atoms with Crippen molar-refractivity contribution in [2.75, 3.05) is 6.61 Å². The molecule has 0 radical (unpaired) electrons. The van der Waals surface area contributed by atoms with Gasteiger partial charge in [0.15, 0.2) is 0 Å². The van der Waals surface area contributed by atoms with Crippen LogP contribution in [0.15, 0.2) is 42.6 Å². The molecule has 0 N–H and O–H groups in total. The lowest BCUT2D eigenvalue weighted by Crippen LogP contribution is -1.98. The molecule has 1 heterocycles. The molecule has 0 spiro atoms. The van der Waals surface area contributed by atoms with Crippen molar-refractivity contribution in [3.05, 3.63) is 48.2 Å². The molecule has 0 saturated heterocycles. The largest absolute Gasteiger partial charge is 0.494 e. The molecule has 0 aliphatic heterocycles. The van der Waals surface area contributed by atoms with E-state index in [2.05, 4.69) is 48.3 Å². The summed E-state index contributed by atoms with van der Waals surface area (Å²) < 4.78 is 5.95. The lowest BCUT2D eigenvalue weighted by molar-refractivity contribution is 0.303. The Kier molecular flexibility index (Phi) is 11.0. The third-order valence-electron chi connectivity index (χ3n) is 6.79. The van der Waals surface area contributed by atoms with Gasteiger partial charge in [-0.05, 0) is 61.1 Å². The molecule has 1 aromatic heterocycles. The van der Waals surface area contributed by atoms with Crippen molar-refractivity contribution in [2.45, 2.75) is 103 Å². The minimum atomic E-state index is 0.827. The molecule has 2 heteroatoms. The first-order valence-electron chi connectivity index (χ1n) is 13.0. The van der Waals surface area contributed by atoms with Crippen LogP contribution in [0.5, 0.6) is 5.75 Å². The van der Waals surface area contributed by atoms with Gasteiger partial charge in [0.25, 0.3) is 0 Å². The summed E-state index contributed by atoms with van der Waals surface area (Å²) in [5.41, 5.74) is 3.56. The van der Waals surface area contributed by atoms with Crippen LogP contribution in [-0.2, 0) is 6.42 Å². The van der Waals surface area contributed by atoms with Crippen LogP contribution in [0.4, 0.5) is 0 Å². The maximum atomic E-state index is 5.95. The number of hydrogen-bond donors (Lipinski definition) is 0. The van der Waals surface area contributed by atoms with Crippen molar-refractivity contribution in [2.24, 2.45) is 5.92 Å². The smallest absolute Gasteiger partial charge is 0.119 e. The molecule has 3 rings (SSSR count). The summed E-state index contributed by atoms with van der Waals surface area (Å²) in [6.45, 7) is 3.09. The summed E-state index contributed by atoms with van der Waals surface area (Å²) in [6.07, 6.45) is 22.4. The highest BCUT2D eigenvalue weighted by molar-refractivity contribution is 5.60. The van der Waals surface area contributed by atoms with Crippen molar-refractivity contribution in [1.29, 1.82) is 0 Å². The third kappa shape index (κ3) is 9.05. The van der Waals surface area contributed by atoms with E-state index < -0.39 is 0 Å². The second-order valence-corrected chi connectivity index (χ2v) is 9.44. The second-order valence-electron chi connectivity index (χ2n) is 9.44. The van der Waals surface area contributed by atoms with E-state index in [1.165, 1.54) is 89.0 Å². The molecular formula is C29H43NO. The van der Waals surface area contributed by atoms with Crippen molar-refractivity contribution >= 4 is 0 Å². The quantitative estimate of drug-likeness (QED) is 0.268. The van der Waals surface area contributed by atoms with E-state index in [4.69, 9.17) is 4.74 Å². The predicted molar refractivity (Wildman–Crippen MR) is 133 cm³/mol. The van der Waals surface area contributed by atoms with E-state index in [-0.39, 0.29) is 0 Å². The van der Waals surface area contributed by atoms with Gasteiger partial charge in [0, 0.05) is 11.8 Å². The molecule has 1 aliphatic rings. The maximum Gasteiger partial charge on any atom is 0.119 e. The van der Waals surface area contributed by atoms with E-state index in [0.29, 0.717) is 0 Å². The van der Waals surface area contributed by atoms with Crippen LogP contribution in [0.25, 0.3) is 11.3 Å². The molecule has 2 aromatic rings. The van der Waals surface area contributed by atoms with Crippen molar-refractivity contribution in [1.82, 2.24) is 4.98 Å². The van der Waals surface area contributed by atoms with E-state index >= 15 is 0 Å². The third-order valence-corrected chi connectivity index (χ3v) is 6.79. The number of ether oxygens (including phenoxy) is 1. The molecule has 2 nitrogen and oxygen atoms in total. The molecule has 1 aromatic carbocycles. The Balaban J connectivity index is 1.30. The Morgan fingerprint density at radius 3 is 2.29 bits per heavy atom. The Bertz CT molecular complexity index is 701. The predicted octanol–water partition coefficient (Wildman–Crippen LogP) is 8.78. The second kappa shape index (κ2) is 14.3. The van der Waals surface area contributed by atoms with Crippen LogP contribution in [0.1, 0.15) is 102 Å². The molecule has 1 saturated carbocycles. The van der Waals surface area contributed by atoms with Gasteiger partial charge in [0.1, 0.15) is 5.75 Å². The molecule has 0 atom stereocenters. The number of pyridine rings is 1. The average Bonchev–Trinajstić information content (AvgIpc) is 3.33. The first kappa shape index (κ1) is 23.8. The zero-order valence-corrected chi connectivity index (χ0v) is 19.8. The van der Waals surface area contributed by atoms with E-state index in [0.717, 1.165) is 42.4 Å². The highest BCUT2D eigenvalue weighted by atomic mass is 16.5. The number of unbranched alkanes of at least 4 members (excludes halogenated alkanes) is 7. The van der Waals surface area contributed by atoms with E-state index in [1.54, 1.807) is 0 Å². The summed E-state index contributed by atoms with van der Waals surface area (Å²) in [5.74, 6) is 2.01. The highest BCUT2D eigenvalue weighted by Gasteiger charge is 2.13. The molecule has 1 fully saturated rings. The molecule has 170 valence electrons. The number of benzene rings is 1. The number of aromatic nitrogens is 1. The zero-order chi connectivity index (χ0) is 21.6. The number of aryl methyl sites for hydroxylation is 1. The normalized spacial score (nSPS) is 14.2. The van der Waals surface area contributed by atoms with Gasteiger partial charge in [-0.3, -0.25) is 4.98 Å². The van der Waals surface area contributed by atoms with E-state index in [9.17, 15) is 0 Å². The fraction of sp³-hybridized carbons (Fsp3) is 0.621. The Morgan fingerprint density at radius 1 is 0.806 bits per heavy atom. The van der Waals surface area contributed by atoms with Crippen molar-refractivity contribution in [3.63, 3.8) is 0 Å².